The Morgan fingerprint density at radius 3 is 2.29 bits per heavy atom. The Morgan fingerprint density at radius 1 is 1.00 bits per heavy atom. The summed E-state index contributed by atoms with van der Waals surface area (Å²) in [5.74, 6) is 1.68. The number of fused-ring (bicyclic) bond motifs is 2. The van der Waals surface area contributed by atoms with Gasteiger partial charge in [0.25, 0.3) is 11.5 Å². The zero-order valence-electron chi connectivity index (χ0n) is 17.7. The average Bonchev–Trinajstić information content (AvgIpc) is 3.44. The highest BCUT2D eigenvalue weighted by atomic mass is 16.2. The number of nitrogens with one attached hydrogen (secondary N) is 2. The van der Waals surface area contributed by atoms with Crippen LogP contribution < -0.4 is 10.9 Å². The molecule has 1 aromatic heterocycles. The fraction of sp³-hybridized carbons (Fsp3) is 0.346. The van der Waals surface area contributed by atoms with Crippen LogP contribution in [0.25, 0.3) is 22.4 Å². The summed E-state index contributed by atoms with van der Waals surface area (Å²) in [6.45, 7) is 2.08. The molecular weight excluding hydrogens is 386 g/mol. The summed E-state index contributed by atoms with van der Waals surface area (Å²) in [5, 5.41) is 10.1. The van der Waals surface area contributed by atoms with E-state index in [9.17, 15) is 9.59 Å². The van der Waals surface area contributed by atoms with Gasteiger partial charge in [-0.1, -0.05) is 67.1 Å². The van der Waals surface area contributed by atoms with Crippen molar-refractivity contribution in [3.8, 4) is 22.4 Å². The van der Waals surface area contributed by atoms with Crippen molar-refractivity contribution in [1.29, 1.82) is 0 Å². The normalized spacial score (nSPS) is 22.9. The molecular formula is C26H27N3O2. The van der Waals surface area contributed by atoms with Crippen LogP contribution >= 0.6 is 0 Å². The maximum Gasteiger partial charge on any atom is 0.277 e. The summed E-state index contributed by atoms with van der Waals surface area (Å²) in [6, 6.07) is 19.3. The minimum Gasteiger partial charge on any atom is -0.349 e. The van der Waals surface area contributed by atoms with Crippen molar-refractivity contribution in [2.24, 2.45) is 17.8 Å². The maximum absolute atomic E-state index is 13.5. The SMILES string of the molecule is CC(NC(=O)c1c(-c2ccccc2)c(-c2ccccc2)n[nH]c1=O)C1CC2CCC1C2. The fourth-order valence-corrected chi connectivity index (χ4v) is 5.65. The van der Waals surface area contributed by atoms with E-state index in [0.29, 0.717) is 23.1 Å². The number of hydrogen-bond donors (Lipinski definition) is 2. The number of carbonyl (C=O) groups excluding carboxylic acids is 1. The van der Waals surface area contributed by atoms with Gasteiger partial charge in [-0.25, -0.2) is 5.10 Å². The van der Waals surface area contributed by atoms with E-state index in [4.69, 9.17) is 0 Å². The van der Waals surface area contributed by atoms with Gasteiger partial charge in [-0.15, -0.1) is 0 Å². The molecule has 1 heterocycles. The lowest BCUT2D eigenvalue weighted by Gasteiger charge is -2.28. The van der Waals surface area contributed by atoms with E-state index in [1.165, 1.54) is 25.7 Å². The standard InChI is InChI=1S/C26H27N3O2/c1-16(21-15-17-12-13-20(21)14-17)27-25(30)23-22(18-8-4-2-5-9-18)24(28-29-26(23)31)19-10-6-3-7-11-19/h2-11,16-17,20-21H,12-15H2,1H3,(H,27,30)(H,29,31). The van der Waals surface area contributed by atoms with Gasteiger partial charge in [-0.05, 0) is 49.5 Å². The van der Waals surface area contributed by atoms with Crippen LogP contribution in [-0.4, -0.2) is 22.1 Å². The number of amides is 1. The van der Waals surface area contributed by atoms with Crippen LogP contribution in [0, 0.1) is 17.8 Å². The van der Waals surface area contributed by atoms with Gasteiger partial charge in [0.15, 0.2) is 0 Å². The molecule has 0 spiro atoms. The smallest absolute Gasteiger partial charge is 0.277 e. The van der Waals surface area contributed by atoms with Crippen molar-refractivity contribution in [2.75, 3.05) is 0 Å². The number of nitrogens with zero attached hydrogens (tertiary/aromatic N) is 1. The van der Waals surface area contributed by atoms with Crippen LogP contribution in [0.15, 0.2) is 65.5 Å². The van der Waals surface area contributed by atoms with E-state index in [1.807, 2.05) is 60.7 Å². The van der Waals surface area contributed by atoms with Gasteiger partial charge in [0, 0.05) is 17.2 Å². The number of H-pyrrole nitrogens is 1. The molecule has 2 fully saturated rings. The summed E-state index contributed by atoms with van der Waals surface area (Å²) in [5.41, 5.74) is 2.51. The van der Waals surface area contributed by atoms with Crippen LogP contribution in [0.4, 0.5) is 0 Å². The van der Waals surface area contributed by atoms with Crippen molar-refractivity contribution in [2.45, 2.75) is 38.6 Å². The van der Waals surface area contributed by atoms with Crippen molar-refractivity contribution in [1.82, 2.24) is 15.5 Å². The lowest BCUT2D eigenvalue weighted by molar-refractivity contribution is 0.0914. The first-order valence-corrected chi connectivity index (χ1v) is 11.2. The Hall–Kier alpha value is -3.21. The first-order valence-electron chi connectivity index (χ1n) is 11.2. The molecule has 2 aliphatic carbocycles. The molecule has 4 atom stereocenters. The Labute approximate surface area is 181 Å². The van der Waals surface area contributed by atoms with Gasteiger partial charge in [-0.3, -0.25) is 9.59 Å². The molecule has 2 saturated carbocycles. The monoisotopic (exact) mass is 413 g/mol. The number of aromatic amines is 1. The number of rotatable bonds is 5. The van der Waals surface area contributed by atoms with Gasteiger partial charge in [-0.2, -0.15) is 5.10 Å². The second kappa shape index (κ2) is 8.14. The molecule has 2 bridgehead atoms. The van der Waals surface area contributed by atoms with Crippen LogP contribution in [-0.2, 0) is 0 Å². The topological polar surface area (TPSA) is 74.8 Å². The Bertz CT molecular complexity index is 1140. The Kier molecular flexibility index (Phi) is 5.18. The second-order valence-electron chi connectivity index (χ2n) is 8.98. The van der Waals surface area contributed by atoms with Crippen molar-refractivity contribution in [3.05, 3.63) is 76.6 Å². The zero-order valence-corrected chi connectivity index (χ0v) is 17.7. The first-order chi connectivity index (χ1) is 15.1. The van der Waals surface area contributed by atoms with Crippen LogP contribution in [0.1, 0.15) is 43.0 Å². The van der Waals surface area contributed by atoms with Crippen LogP contribution in [0.2, 0.25) is 0 Å². The molecule has 4 unspecified atom stereocenters. The summed E-state index contributed by atoms with van der Waals surface area (Å²) in [6.07, 6.45) is 5.05. The summed E-state index contributed by atoms with van der Waals surface area (Å²) < 4.78 is 0. The number of aromatic nitrogens is 2. The minimum atomic E-state index is -0.462. The largest absolute Gasteiger partial charge is 0.349 e. The molecule has 3 aromatic rings. The minimum absolute atomic E-state index is 0.0409. The average molecular weight is 414 g/mol. The van der Waals surface area contributed by atoms with Crippen molar-refractivity contribution >= 4 is 5.91 Å². The predicted octanol–water partition coefficient (Wildman–Crippen LogP) is 4.66. The molecule has 5 nitrogen and oxygen atoms in total. The third-order valence-electron chi connectivity index (χ3n) is 7.11. The number of benzene rings is 2. The van der Waals surface area contributed by atoms with Crippen molar-refractivity contribution < 1.29 is 4.79 Å². The highest BCUT2D eigenvalue weighted by molar-refractivity contribution is 6.03. The Balaban J connectivity index is 1.56. The molecule has 31 heavy (non-hydrogen) atoms. The lowest BCUT2D eigenvalue weighted by Crippen LogP contribution is -2.42. The highest BCUT2D eigenvalue weighted by Crippen LogP contribution is 2.49. The van der Waals surface area contributed by atoms with Gasteiger partial charge >= 0.3 is 0 Å². The van der Waals surface area contributed by atoms with Crippen molar-refractivity contribution in [3.63, 3.8) is 0 Å². The summed E-state index contributed by atoms with van der Waals surface area (Å²) in [4.78, 5) is 26.3. The number of hydrogen-bond acceptors (Lipinski definition) is 3. The van der Waals surface area contributed by atoms with Gasteiger partial charge in [0.2, 0.25) is 0 Å². The fourth-order valence-electron chi connectivity index (χ4n) is 5.65. The molecule has 5 heteroatoms. The van der Waals surface area contributed by atoms with E-state index in [0.717, 1.165) is 17.0 Å². The van der Waals surface area contributed by atoms with Gasteiger partial charge < -0.3 is 5.32 Å². The molecule has 158 valence electrons. The molecule has 0 aliphatic heterocycles. The van der Waals surface area contributed by atoms with Gasteiger partial charge in [0.1, 0.15) is 5.56 Å². The summed E-state index contributed by atoms with van der Waals surface area (Å²) >= 11 is 0. The van der Waals surface area contributed by atoms with Crippen LogP contribution in [0.5, 0.6) is 0 Å². The third-order valence-corrected chi connectivity index (χ3v) is 7.11. The third kappa shape index (κ3) is 3.69. The van der Waals surface area contributed by atoms with E-state index in [1.54, 1.807) is 0 Å². The van der Waals surface area contributed by atoms with E-state index < -0.39 is 5.56 Å². The zero-order chi connectivity index (χ0) is 21.4. The van der Waals surface area contributed by atoms with Gasteiger partial charge in [0.05, 0.1) is 5.69 Å². The first kappa shape index (κ1) is 19.7. The molecule has 0 radical (unpaired) electrons. The highest BCUT2D eigenvalue weighted by Gasteiger charge is 2.42. The number of carbonyl (C=O) groups is 1. The van der Waals surface area contributed by atoms with E-state index in [2.05, 4.69) is 22.4 Å². The molecule has 2 N–H and O–H groups in total. The molecule has 5 rings (SSSR count). The predicted molar refractivity (Wildman–Crippen MR) is 122 cm³/mol. The summed E-state index contributed by atoms with van der Waals surface area (Å²) in [7, 11) is 0. The quantitative estimate of drug-likeness (QED) is 0.639. The van der Waals surface area contributed by atoms with E-state index >= 15 is 0 Å². The molecule has 2 aromatic carbocycles. The molecule has 1 amide bonds. The van der Waals surface area contributed by atoms with E-state index in [-0.39, 0.29) is 17.5 Å². The second-order valence-corrected chi connectivity index (χ2v) is 8.98. The lowest BCUT2D eigenvalue weighted by atomic mass is 9.84. The molecule has 2 aliphatic rings. The Morgan fingerprint density at radius 2 is 1.68 bits per heavy atom. The van der Waals surface area contributed by atoms with Crippen LogP contribution in [0.3, 0.4) is 0 Å². The molecule has 0 saturated heterocycles. The maximum atomic E-state index is 13.5.